The van der Waals surface area contributed by atoms with Crippen molar-refractivity contribution in [3.8, 4) is 0 Å². The lowest BCUT2D eigenvalue weighted by atomic mass is 10.2. The topological polar surface area (TPSA) is 92.5 Å². The van der Waals surface area contributed by atoms with Crippen molar-refractivity contribution in [3.05, 3.63) is 33.9 Å². The van der Waals surface area contributed by atoms with Gasteiger partial charge in [0.2, 0.25) is 10.0 Å². The van der Waals surface area contributed by atoms with E-state index in [1.54, 1.807) is 13.0 Å². The molecule has 1 aromatic carbocycles. The van der Waals surface area contributed by atoms with Crippen LogP contribution >= 0.6 is 12.4 Å². The monoisotopic (exact) mass is 335 g/mol. The van der Waals surface area contributed by atoms with Gasteiger partial charge in [-0.2, -0.15) is 4.31 Å². The summed E-state index contributed by atoms with van der Waals surface area (Å²) in [5.74, 6) is 0. The van der Waals surface area contributed by atoms with Crippen LogP contribution in [0.5, 0.6) is 0 Å². The Balaban J connectivity index is 0.00000220. The Morgan fingerprint density at radius 2 is 2.10 bits per heavy atom. The first-order chi connectivity index (χ1) is 9.34. The van der Waals surface area contributed by atoms with Gasteiger partial charge in [0.15, 0.2) is 4.90 Å². The molecule has 0 saturated carbocycles. The lowest BCUT2D eigenvalue weighted by molar-refractivity contribution is -0.387. The van der Waals surface area contributed by atoms with Gasteiger partial charge in [-0.3, -0.25) is 10.1 Å². The van der Waals surface area contributed by atoms with Crippen LogP contribution < -0.4 is 5.32 Å². The molecule has 0 bridgehead atoms. The van der Waals surface area contributed by atoms with E-state index in [4.69, 9.17) is 0 Å². The fourth-order valence-corrected chi connectivity index (χ4v) is 4.25. The van der Waals surface area contributed by atoms with E-state index >= 15 is 0 Å². The van der Waals surface area contributed by atoms with Crippen LogP contribution in [0.4, 0.5) is 5.69 Å². The molecule has 1 aromatic rings. The Morgan fingerprint density at radius 3 is 2.67 bits per heavy atom. The van der Waals surface area contributed by atoms with Crippen LogP contribution in [0.1, 0.15) is 12.5 Å². The molecule has 118 valence electrons. The predicted molar refractivity (Wildman–Crippen MR) is 81.3 cm³/mol. The van der Waals surface area contributed by atoms with Gasteiger partial charge in [0.1, 0.15) is 0 Å². The Hall–Kier alpha value is -1.22. The normalized spacial score (nSPS) is 19.8. The Labute approximate surface area is 129 Å². The van der Waals surface area contributed by atoms with Gasteiger partial charge in [-0.05, 0) is 19.4 Å². The van der Waals surface area contributed by atoms with Crippen molar-refractivity contribution in [3.63, 3.8) is 0 Å². The van der Waals surface area contributed by atoms with Crippen LogP contribution in [-0.4, -0.2) is 43.3 Å². The Kier molecular flexibility index (Phi) is 5.68. The molecule has 1 saturated heterocycles. The number of halogens is 1. The van der Waals surface area contributed by atoms with Crippen LogP contribution in [-0.2, 0) is 10.0 Å². The van der Waals surface area contributed by atoms with Crippen molar-refractivity contribution in [2.75, 3.05) is 19.6 Å². The highest BCUT2D eigenvalue weighted by atomic mass is 35.5. The van der Waals surface area contributed by atoms with E-state index in [1.165, 1.54) is 16.4 Å². The van der Waals surface area contributed by atoms with Crippen LogP contribution in [0.3, 0.4) is 0 Å². The first kappa shape index (κ1) is 17.8. The van der Waals surface area contributed by atoms with E-state index in [0.717, 1.165) is 0 Å². The largest absolute Gasteiger partial charge is 0.312 e. The number of nitro groups is 1. The smallest absolute Gasteiger partial charge is 0.289 e. The van der Waals surface area contributed by atoms with Gasteiger partial charge >= 0.3 is 0 Å². The molecule has 0 amide bonds. The SMILES string of the molecule is Cc1cccc([N+](=O)[O-])c1S(=O)(=O)N1CCNC(C)C1.Cl. The molecule has 0 radical (unpaired) electrons. The molecular formula is C12H18ClN3O4S. The molecule has 1 fully saturated rings. The zero-order valence-corrected chi connectivity index (χ0v) is 13.4. The summed E-state index contributed by atoms with van der Waals surface area (Å²) in [6.07, 6.45) is 0. The zero-order chi connectivity index (χ0) is 14.9. The molecule has 1 unspecified atom stereocenters. The number of nitrogens with zero attached hydrogens (tertiary/aromatic N) is 2. The maximum Gasteiger partial charge on any atom is 0.289 e. The lowest BCUT2D eigenvalue weighted by Gasteiger charge is -2.31. The van der Waals surface area contributed by atoms with E-state index in [-0.39, 0.29) is 29.0 Å². The van der Waals surface area contributed by atoms with Gasteiger partial charge in [-0.15, -0.1) is 12.4 Å². The minimum atomic E-state index is -3.85. The maximum absolute atomic E-state index is 12.7. The molecule has 7 nitrogen and oxygen atoms in total. The lowest BCUT2D eigenvalue weighted by Crippen LogP contribution is -2.51. The summed E-state index contributed by atoms with van der Waals surface area (Å²) in [5.41, 5.74) is 0.0292. The molecule has 0 aromatic heterocycles. The van der Waals surface area contributed by atoms with Crippen LogP contribution in [0.25, 0.3) is 0 Å². The molecule has 2 rings (SSSR count). The molecule has 1 aliphatic rings. The third-order valence-electron chi connectivity index (χ3n) is 3.32. The minimum absolute atomic E-state index is 0. The highest BCUT2D eigenvalue weighted by molar-refractivity contribution is 7.89. The summed E-state index contributed by atoms with van der Waals surface area (Å²) in [7, 11) is -3.85. The summed E-state index contributed by atoms with van der Waals surface area (Å²) in [4.78, 5) is 10.2. The maximum atomic E-state index is 12.7. The summed E-state index contributed by atoms with van der Waals surface area (Å²) in [5, 5.41) is 14.2. The Morgan fingerprint density at radius 1 is 1.43 bits per heavy atom. The second-order valence-electron chi connectivity index (χ2n) is 4.90. The van der Waals surface area contributed by atoms with Gasteiger partial charge in [0.25, 0.3) is 5.69 Å². The Bertz CT molecular complexity index is 635. The first-order valence-corrected chi connectivity index (χ1v) is 7.75. The molecule has 21 heavy (non-hydrogen) atoms. The number of aryl methyl sites for hydroxylation is 1. The minimum Gasteiger partial charge on any atom is -0.312 e. The number of hydrogen-bond donors (Lipinski definition) is 1. The van der Waals surface area contributed by atoms with Crippen molar-refractivity contribution in [2.45, 2.75) is 24.8 Å². The van der Waals surface area contributed by atoms with E-state index < -0.39 is 14.9 Å². The summed E-state index contributed by atoms with van der Waals surface area (Å²) in [6, 6.07) is 4.32. The van der Waals surface area contributed by atoms with Crippen molar-refractivity contribution >= 4 is 28.1 Å². The first-order valence-electron chi connectivity index (χ1n) is 6.31. The number of benzene rings is 1. The highest BCUT2D eigenvalue weighted by Crippen LogP contribution is 2.30. The van der Waals surface area contributed by atoms with E-state index in [2.05, 4.69) is 5.32 Å². The molecule has 1 heterocycles. The molecular weight excluding hydrogens is 318 g/mol. The molecule has 9 heteroatoms. The number of rotatable bonds is 3. The molecule has 1 atom stereocenters. The van der Waals surface area contributed by atoms with Crippen LogP contribution in [0.2, 0.25) is 0 Å². The number of hydrogen-bond acceptors (Lipinski definition) is 5. The third kappa shape index (κ3) is 3.52. The van der Waals surface area contributed by atoms with E-state index in [9.17, 15) is 18.5 Å². The van der Waals surface area contributed by atoms with Gasteiger partial charge in [-0.1, -0.05) is 12.1 Å². The van der Waals surface area contributed by atoms with E-state index in [0.29, 0.717) is 25.2 Å². The summed E-state index contributed by atoms with van der Waals surface area (Å²) >= 11 is 0. The van der Waals surface area contributed by atoms with Gasteiger partial charge in [-0.25, -0.2) is 8.42 Å². The molecule has 1 aliphatic heterocycles. The van der Waals surface area contributed by atoms with Gasteiger partial charge in [0, 0.05) is 31.7 Å². The van der Waals surface area contributed by atoms with Gasteiger partial charge < -0.3 is 5.32 Å². The highest BCUT2D eigenvalue weighted by Gasteiger charge is 2.35. The number of nitro benzene ring substituents is 1. The second kappa shape index (κ2) is 6.69. The van der Waals surface area contributed by atoms with Crippen molar-refractivity contribution < 1.29 is 13.3 Å². The summed E-state index contributed by atoms with van der Waals surface area (Å²) < 4.78 is 26.7. The quantitative estimate of drug-likeness (QED) is 0.664. The van der Waals surface area contributed by atoms with Crippen LogP contribution in [0.15, 0.2) is 23.1 Å². The number of sulfonamides is 1. The molecule has 1 N–H and O–H groups in total. The number of nitrogens with one attached hydrogen (secondary N) is 1. The predicted octanol–water partition coefficient (Wildman–Crippen LogP) is 1.31. The number of piperazine rings is 1. The van der Waals surface area contributed by atoms with Crippen LogP contribution in [0, 0.1) is 17.0 Å². The summed E-state index contributed by atoms with van der Waals surface area (Å²) in [6.45, 7) is 4.63. The van der Waals surface area contributed by atoms with Crippen molar-refractivity contribution in [1.29, 1.82) is 0 Å². The average Bonchev–Trinajstić information content (AvgIpc) is 2.38. The van der Waals surface area contributed by atoms with Crippen molar-refractivity contribution in [1.82, 2.24) is 9.62 Å². The molecule has 0 spiro atoms. The third-order valence-corrected chi connectivity index (χ3v) is 5.38. The second-order valence-corrected chi connectivity index (χ2v) is 6.77. The molecule has 0 aliphatic carbocycles. The fraction of sp³-hybridized carbons (Fsp3) is 0.500. The van der Waals surface area contributed by atoms with E-state index in [1.807, 2.05) is 6.92 Å². The average molecular weight is 336 g/mol. The van der Waals surface area contributed by atoms with Crippen molar-refractivity contribution in [2.24, 2.45) is 0 Å². The fourth-order valence-electron chi connectivity index (χ4n) is 2.36. The zero-order valence-electron chi connectivity index (χ0n) is 11.8. The standard InChI is InChI=1S/C12H17N3O4S.ClH/c1-9-4-3-5-11(15(16)17)12(9)20(18,19)14-7-6-13-10(2)8-14;/h3-5,10,13H,6-8H2,1-2H3;1H. The van der Waals surface area contributed by atoms with Gasteiger partial charge in [0.05, 0.1) is 4.92 Å².